The van der Waals surface area contributed by atoms with E-state index in [0.717, 1.165) is 17.9 Å². The van der Waals surface area contributed by atoms with Gasteiger partial charge in [-0.2, -0.15) is 5.06 Å². The van der Waals surface area contributed by atoms with Gasteiger partial charge in [-0.05, 0) is 49.2 Å². The lowest BCUT2D eigenvalue weighted by molar-refractivity contribution is -0.171. The average Bonchev–Trinajstić information content (AvgIpc) is 3.66. The predicted molar refractivity (Wildman–Crippen MR) is 195 cm³/mol. The van der Waals surface area contributed by atoms with Crippen molar-refractivity contribution in [1.29, 1.82) is 0 Å². The molecule has 0 fully saturated rings. The van der Waals surface area contributed by atoms with Crippen molar-refractivity contribution in [3.63, 3.8) is 0 Å². The van der Waals surface area contributed by atoms with Gasteiger partial charge in [0, 0.05) is 11.3 Å². The zero-order chi connectivity index (χ0) is 41.4. The molecule has 300 valence electrons. The summed E-state index contributed by atoms with van der Waals surface area (Å²) in [6, 6.07) is 9.94. The number of hydroxylamine groups is 2. The number of nitrogen functional groups attached to an aromatic ring is 1. The second-order valence-electron chi connectivity index (χ2n) is 12.3. The third-order valence-electron chi connectivity index (χ3n) is 8.32. The summed E-state index contributed by atoms with van der Waals surface area (Å²) in [5.41, 5.74) is 5.98. The van der Waals surface area contributed by atoms with Gasteiger partial charge in [-0.3, -0.25) is 24.0 Å². The lowest BCUT2D eigenvalue weighted by atomic mass is 9.90. The highest BCUT2D eigenvalue weighted by Crippen LogP contribution is 2.29. The van der Waals surface area contributed by atoms with Crippen molar-refractivity contribution in [3.8, 4) is 17.1 Å². The molecule has 0 bridgehead atoms. The van der Waals surface area contributed by atoms with Gasteiger partial charge >= 0.3 is 23.9 Å². The van der Waals surface area contributed by atoms with Crippen LogP contribution in [0.4, 0.5) is 5.69 Å². The fourth-order valence-corrected chi connectivity index (χ4v) is 5.53. The molecule has 3 unspecified atom stereocenters. The van der Waals surface area contributed by atoms with E-state index in [9.17, 15) is 43.5 Å². The largest absolute Gasteiger partial charge is 0.481 e. The van der Waals surface area contributed by atoms with Crippen LogP contribution in [-0.2, 0) is 28.8 Å². The number of nitrogens with one attached hydrogen (secondary N) is 3. The lowest BCUT2D eigenvalue weighted by Crippen LogP contribution is -2.49. The summed E-state index contributed by atoms with van der Waals surface area (Å²) in [7, 11) is 0. The number of hydrogen-bond acceptors (Lipinski definition) is 12. The summed E-state index contributed by atoms with van der Waals surface area (Å²) in [5, 5.41) is 35.4. The van der Waals surface area contributed by atoms with Gasteiger partial charge in [-0.15, -0.1) is 0 Å². The highest BCUT2D eigenvalue weighted by atomic mass is 16.7. The van der Waals surface area contributed by atoms with E-state index in [2.05, 4.69) is 16.0 Å². The molecule has 3 aromatic rings. The van der Waals surface area contributed by atoms with Gasteiger partial charge < -0.3 is 51.0 Å². The molecular formula is C37H43N5O14. The van der Waals surface area contributed by atoms with Gasteiger partial charge in [0.1, 0.15) is 17.6 Å². The molecule has 2 aromatic carbocycles. The maximum absolute atomic E-state index is 13.5. The van der Waals surface area contributed by atoms with Crippen molar-refractivity contribution >= 4 is 53.7 Å². The van der Waals surface area contributed by atoms with Crippen LogP contribution >= 0.6 is 0 Å². The maximum atomic E-state index is 13.5. The Balaban J connectivity index is 1.73. The summed E-state index contributed by atoms with van der Waals surface area (Å²) in [6.07, 6.45) is 2.24. The van der Waals surface area contributed by atoms with Crippen LogP contribution in [-0.4, -0.2) is 93.8 Å². The van der Waals surface area contributed by atoms with Crippen LogP contribution in [0.15, 0.2) is 59.0 Å². The number of carboxylic acids is 3. The number of nitrogens with zero attached hydrogens (tertiary/aromatic N) is 1. The SMILES string of the molecule is CCCCCC(C(=O)NCNC(=O)c1ccc(-c2ccc(C(=O)NC(CC(=O)O)C(=O)O)c(OCC(=O)O)c2)o1)C(CC)N(C=O)OC(=O)c1ccccc1N. The Hall–Kier alpha value is -6.92. The number of rotatable bonds is 23. The van der Waals surface area contributed by atoms with Crippen LogP contribution < -0.4 is 26.4 Å². The van der Waals surface area contributed by atoms with Crippen LogP contribution in [0.25, 0.3) is 11.3 Å². The minimum atomic E-state index is -1.79. The van der Waals surface area contributed by atoms with Crippen LogP contribution in [0, 0.1) is 5.92 Å². The van der Waals surface area contributed by atoms with E-state index < -0.39 is 72.6 Å². The lowest BCUT2D eigenvalue weighted by Gasteiger charge is -2.31. The molecule has 0 aliphatic rings. The molecule has 8 N–H and O–H groups in total. The number of para-hydroxylation sites is 1. The Morgan fingerprint density at radius 3 is 2.25 bits per heavy atom. The maximum Gasteiger partial charge on any atom is 0.365 e. The van der Waals surface area contributed by atoms with E-state index in [0.29, 0.717) is 19.3 Å². The van der Waals surface area contributed by atoms with Gasteiger partial charge in [-0.25, -0.2) is 14.4 Å². The number of anilines is 1. The average molecular weight is 782 g/mol. The van der Waals surface area contributed by atoms with Crippen molar-refractivity contribution in [3.05, 3.63) is 71.5 Å². The minimum Gasteiger partial charge on any atom is -0.481 e. The van der Waals surface area contributed by atoms with Crippen molar-refractivity contribution in [1.82, 2.24) is 21.0 Å². The number of nitrogens with two attached hydrogens (primary N) is 1. The number of carbonyl (C=O) groups is 8. The third-order valence-corrected chi connectivity index (χ3v) is 8.32. The minimum absolute atomic E-state index is 0.0435. The molecule has 0 aliphatic heterocycles. The fraction of sp³-hybridized carbons (Fsp3) is 0.351. The molecule has 1 heterocycles. The summed E-state index contributed by atoms with van der Waals surface area (Å²) < 4.78 is 10.9. The van der Waals surface area contributed by atoms with Crippen LogP contribution in [0.2, 0.25) is 0 Å². The molecule has 0 spiro atoms. The molecule has 56 heavy (non-hydrogen) atoms. The summed E-state index contributed by atoms with van der Waals surface area (Å²) in [4.78, 5) is 103. The van der Waals surface area contributed by atoms with E-state index >= 15 is 0 Å². The Bertz CT molecular complexity index is 1910. The van der Waals surface area contributed by atoms with E-state index in [1.807, 2.05) is 6.92 Å². The van der Waals surface area contributed by atoms with Gasteiger partial charge in [0.2, 0.25) is 12.3 Å². The molecule has 0 saturated heterocycles. The fourth-order valence-electron chi connectivity index (χ4n) is 5.53. The number of carbonyl (C=O) groups excluding carboxylic acids is 5. The number of unbranched alkanes of at least 4 members (excludes halogenated alkanes) is 2. The Morgan fingerprint density at radius 2 is 1.62 bits per heavy atom. The first-order valence-electron chi connectivity index (χ1n) is 17.4. The Labute approximate surface area is 320 Å². The Kier molecular flexibility index (Phi) is 16.4. The topological polar surface area (TPSA) is 294 Å². The number of benzene rings is 2. The highest BCUT2D eigenvalue weighted by Gasteiger charge is 2.34. The van der Waals surface area contributed by atoms with E-state index in [1.165, 1.54) is 42.5 Å². The molecule has 3 rings (SSSR count). The molecule has 0 radical (unpaired) electrons. The molecule has 0 saturated carbocycles. The molecule has 0 aliphatic carbocycles. The highest BCUT2D eigenvalue weighted by molar-refractivity contribution is 6.00. The van der Waals surface area contributed by atoms with Crippen molar-refractivity contribution in [2.24, 2.45) is 5.92 Å². The van der Waals surface area contributed by atoms with E-state index in [4.69, 9.17) is 29.9 Å². The first kappa shape index (κ1) is 43.5. The predicted octanol–water partition coefficient (Wildman–Crippen LogP) is 2.66. The number of amides is 4. The van der Waals surface area contributed by atoms with Crippen molar-refractivity contribution < 1.29 is 67.7 Å². The smallest absolute Gasteiger partial charge is 0.365 e. The molecule has 19 heteroatoms. The monoisotopic (exact) mass is 781 g/mol. The summed E-state index contributed by atoms with van der Waals surface area (Å²) in [5.74, 6) is -8.95. The zero-order valence-electron chi connectivity index (χ0n) is 30.5. The first-order chi connectivity index (χ1) is 26.7. The molecule has 3 atom stereocenters. The number of hydrogen-bond donors (Lipinski definition) is 7. The van der Waals surface area contributed by atoms with Gasteiger partial charge in [-0.1, -0.05) is 51.3 Å². The van der Waals surface area contributed by atoms with Crippen molar-refractivity contribution in [2.45, 2.75) is 64.5 Å². The molecule has 1 aromatic heterocycles. The van der Waals surface area contributed by atoms with Gasteiger partial charge in [0.25, 0.3) is 11.8 Å². The molecule has 19 nitrogen and oxygen atoms in total. The van der Waals surface area contributed by atoms with Crippen LogP contribution in [0.5, 0.6) is 5.75 Å². The van der Waals surface area contributed by atoms with Crippen LogP contribution in [0.1, 0.15) is 83.6 Å². The number of aliphatic carboxylic acids is 3. The Morgan fingerprint density at radius 1 is 0.893 bits per heavy atom. The van der Waals surface area contributed by atoms with Gasteiger partial charge in [0.15, 0.2) is 12.4 Å². The summed E-state index contributed by atoms with van der Waals surface area (Å²) >= 11 is 0. The standard InChI is InChI=1S/C37H43N5O14/c1-3-5-6-10-23(27(4-2)42(20-43)56-37(53)22-9-7-8-11-25(22)38)33(48)39-19-40-35(50)29-15-14-28(55-29)21-12-13-24(30(16-21)54-18-32(46)47)34(49)41-26(36(51)52)17-31(44)45/h7-9,11-16,20,23,26-27H,3-6,10,17-19,38H2,1-2H3,(H,39,48)(H,40,50)(H,41,49)(H,44,45)(H,46,47)(H,51,52). The molecular weight excluding hydrogens is 738 g/mol. The normalized spacial score (nSPS) is 12.2. The van der Waals surface area contributed by atoms with E-state index in [1.54, 1.807) is 19.1 Å². The number of ether oxygens (including phenoxy) is 1. The zero-order valence-corrected chi connectivity index (χ0v) is 30.5. The quantitative estimate of drug-likeness (QED) is 0.0239. The van der Waals surface area contributed by atoms with Gasteiger partial charge in [0.05, 0.1) is 36.2 Å². The third kappa shape index (κ3) is 12.3. The van der Waals surface area contributed by atoms with Crippen LogP contribution in [0.3, 0.4) is 0 Å². The first-order valence-corrected chi connectivity index (χ1v) is 17.4. The second-order valence-corrected chi connectivity index (χ2v) is 12.3. The van der Waals surface area contributed by atoms with Crippen molar-refractivity contribution in [2.75, 3.05) is 19.0 Å². The van der Waals surface area contributed by atoms with E-state index in [-0.39, 0.29) is 52.7 Å². The number of furan rings is 1. The number of carboxylic acid groups (broad SMARTS) is 3. The summed E-state index contributed by atoms with van der Waals surface area (Å²) in [6.45, 7) is 2.46. The second kappa shape index (κ2) is 21.1. The molecule has 4 amide bonds.